The van der Waals surface area contributed by atoms with Gasteiger partial charge in [0, 0.05) is 6.54 Å². The number of ketones is 1. The number of nitrogens with zero attached hydrogens (tertiary/aromatic N) is 1. The first-order chi connectivity index (χ1) is 12.1. The van der Waals surface area contributed by atoms with Gasteiger partial charge in [-0.1, -0.05) is 66.7 Å². The van der Waals surface area contributed by atoms with E-state index in [4.69, 9.17) is 0 Å². The second-order valence-corrected chi connectivity index (χ2v) is 6.45. The van der Waals surface area contributed by atoms with Crippen LogP contribution in [-0.4, -0.2) is 29.0 Å². The van der Waals surface area contributed by atoms with Gasteiger partial charge >= 0.3 is 0 Å². The van der Waals surface area contributed by atoms with E-state index >= 15 is 0 Å². The minimum absolute atomic E-state index is 0.123. The van der Waals surface area contributed by atoms with Gasteiger partial charge in [-0.25, -0.2) is 0 Å². The molecule has 4 nitrogen and oxygen atoms in total. The van der Waals surface area contributed by atoms with Crippen molar-refractivity contribution in [1.82, 2.24) is 4.90 Å². The number of benzene rings is 2. The van der Waals surface area contributed by atoms with Gasteiger partial charge in [0.15, 0.2) is 5.78 Å². The standard InChI is InChI=1S/C21H17NO3/c1-2-13-22-19(24)17-16(14-9-5-3-6-10-14)18(23)21(17,20(22)25)15-11-7-4-8-12-15/h2-12,16-17H,1,13H2/t16-,17?,21?/m0/s1. The summed E-state index contributed by atoms with van der Waals surface area (Å²) in [6.07, 6.45) is 1.52. The SMILES string of the molecule is C=CCN1C(=O)C2[C@H](c3ccccc3)C(=O)C2(c2ccccc2)C1=O. The van der Waals surface area contributed by atoms with Gasteiger partial charge in [-0.15, -0.1) is 6.58 Å². The van der Waals surface area contributed by atoms with Crippen LogP contribution < -0.4 is 0 Å². The van der Waals surface area contributed by atoms with Crippen molar-refractivity contribution in [3.63, 3.8) is 0 Å². The molecule has 0 radical (unpaired) electrons. The number of Topliss-reactive ketones (excluding diaryl/α,β-unsaturated/α-hetero) is 1. The van der Waals surface area contributed by atoms with Gasteiger partial charge in [0.25, 0.3) is 0 Å². The molecule has 2 fully saturated rings. The number of hydrogen-bond donors (Lipinski definition) is 0. The molecule has 0 spiro atoms. The normalized spacial score (nSPS) is 27.8. The number of hydrogen-bond acceptors (Lipinski definition) is 3. The Balaban J connectivity index is 1.88. The minimum Gasteiger partial charge on any atom is -0.297 e. The molecule has 4 heteroatoms. The number of likely N-dealkylation sites (tertiary alicyclic amines) is 1. The van der Waals surface area contributed by atoms with E-state index in [1.807, 2.05) is 36.4 Å². The summed E-state index contributed by atoms with van der Waals surface area (Å²) in [5.41, 5.74) is -0.00486. The summed E-state index contributed by atoms with van der Waals surface area (Å²) in [6.45, 7) is 3.75. The molecule has 0 aromatic heterocycles. The predicted octanol–water partition coefficient (Wildman–Crippen LogP) is 2.46. The van der Waals surface area contributed by atoms with Crippen LogP contribution in [0.25, 0.3) is 0 Å². The Morgan fingerprint density at radius 1 is 0.960 bits per heavy atom. The molecular formula is C21H17NO3. The third-order valence-corrected chi connectivity index (χ3v) is 5.29. The molecule has 2 unspecified atom stereocenters. The van der Waals surface area contributed by atoms with E-state index in [2.05, 4.69) is 6.58 Å². The number of carbonyl (C=O) groups excluding carboxylic acids is 3. The van der Waals surface area contributed by atoms with Gasteiger partial charge < -0.3 is 0 Å². The summed E-state index contributed by atoms with van der Waals surface area (Å²) in [4.78, 5) is 40.5. The maximum Gasteiger partial charge on any atom is 0.248 e. The highest BCUT2D eigenvalue weighted by atomic mass is 16.2. The van der Waals surface area contributed by atoms with E-state index in [0.29, 0.717) is 5.56 Å². The summed E-state index contributed by atoms with van der Waals surface area (Å²) < 4.78 is 0. The summed E-state index contributed by atoms with van der Waals surface area (Å²) in [7, 11) is 0. The predicted molar refractivity (Wildman–Crippen MR) is 92.7 cm³/mol. The Morgan fingerprint density at radius 2 is 1.56 bits per heavy atom. The van der Waals surface area contributed by atoms with Crippen molar-refractivity contribution in [2.75, 3.05) is 6.54 Å². The van der Waals surface area contributed by atoms with Crippen molar-refractivity contribution in [3.8, 4) is 0 Å². The van der Waals surface area contributed by atoms with Gasteiger partial charge in [-0.05, 0) is 11.1 Å². The smallest absolute Gasteiger partial charge is 0.248 e. The van der Waals surface area contributed by atoms with Crippen LogP contribution in [0, 0.1) is 5.92 Å². The molecular weight excluding hydrogens is 314 g/mol. The molecule has 2 aromatic rings. The number of amides is 2. The lowest BCUT2D eigenvalue weighted by Crippen LogP contribution is -2.61. The summed E-state index contributed by atoms with van der Waals surface area (Å²) in [5, 5.41) is 0. The monoisotopic (exact) mass is 331 g/mol. The Labute approximate surface area is 145 Å². The van der Waals surface area contributed by atoms with Gasteiger partial charge in [0.1, 0.15) is 5.41 Å². The zero-order valence-electron chi connectivity index (χ0n) is 13.6. The zero-order chi connectivity index (χ0) is 17.6. The molecule has 1 saturated carbocycles. The third-order valence-electron chi connectivity index (χ3n) is 5.29. The molecule has 4 rings (SSSR count). The number of carbonyl (C=O) groups is 3. The van der Waals surface area contributed by atoms with Gasteiger partial charge in [0.2, 0.25) is 11.8 Å². The van der Waals surface area contributed by atoms with Gasteiger partial charge in [0.05, 0.1) is 11.8 Å². The fourth-order valence-electron chi connectivity index (χ4n) is 4.20. The Kier molecular flexibility index (Phi) is 3.42. The third kappa shape index (κ3) is 1.85. The highest BCUT2D eigenvalue weighted by molar-refractivity contribution is 6.31. The van der Waals surface area contributed by atoms with Crippen LogP contribution >= 0.6 is 0 Å². The number of rotatable bonds is 4. The quantitative estimate of drug-likeness (QED) is 0.491. The lowest BCUT2D eigenvalue weighted by Gasteiger charge is -2.46. The second kappa shape index (κ2) is 5.52. The van der Waals surface area contributed by atoms with Crippen LogP contribution in [0.3, 0.4) is 0 Å². The zero-order valence-corrected chi connectivity index (χ0v) is 13.6. The van der Waals surface area contributed by atoms with Crippen LogP contribution in [-0.2, 0) is 19.8 Å². The highest BCUT2D eigenvalue weighted by Crippen LogP contribution is 2.59. The van der Waals surface area contributed by atoms with E-state index < -0.39 is 23.2 Å². The maximum atomic E-state index is 13.2. The van der Waals surface area contributed by atoms with E-state index in [1.54, 1.807) is 24.3 Å². The van der Waals surface area contributed by atoms with Crippen molar-refractivity contribution < 1.29 is 14.4 Å². The number of fused-ring (bicyclic) bond motifs is 1. The topological polar surface area (TPSA) is 54.5 Å². The van der Waals surface area contributed by atoms with Crippen molar-refractivity contribution in [3.05, 3.63) is 84.4 Å². The van der Waals surface area contributed by atoms with Crippen LogP contribution in [0.2, 0.25) is 0 Å². The van der Waals surface area contributed by atoms with Gasteiger partial charge in [-0.3, -0.25) is 19.3 Å². The van der Waals surface area contributed by atoms with Crippen LogP contribution in [0.15, 0.2) is 73.3 Å². The molecule has 1 saturated heterocycles. The van der Waals surface area contributed by atoms with Crippen molar-refractivity contribution in [2.24, 2.45) is 5.92 Å². The van der Waals surface area contributed by atoms with E-state index in [-0.39, 0.29) is 18.2 Å². The van der Waals surface area contributed by atoms with Gasteiger partial charge in [-0.2, -0.15) is 0 Å². The maximum absolute atomic E-state index is 13.2. The first kappa shape index (κ1) is 15.5. The Morgan fingerprint density at radius 3 is 2.16 bits per heavy atom. The van der Waals surface area contributed by atoms with Crippen LogP contribution in [0.5, 0.6) is 0 Å². The molecule has 1 heterocycles. The molecule has 2 amide bonds. The lowest BCUT2D eigenvalue weighted by molar-refractivity contribution is -0.149. The van der Waals surface area contributed by atoms with E-state index in [1.165, 1.54) is 11.0 Å². The fourth-order valence-corrected chi connectivity index (χ4v) is 4.20. The molecule has 124 valence electrons. The average Bonchev–Trinajstić information content (AvgIpc) is 2.83. The molecule has 2 aliphatic rings. The molecule has 1 aliphatic carbocycles. The highest BCUT2D eigenvalue weighted by Gasteiger charge is 2.75. The molecule has 1 aliphatic heterocycles. The van der Waals surface area contributed by atoms with Crippen molar-refractivity contribution in [2.45, 2.75) is 11.3 Å². The molecule has 2 aromatic carbocycles. The second-order valence-electron chi connectivity index (χ2n) is 6.45. The van der Waals surface area contributed by atoms with Crippen molar-refractivity contribution in [1.29, 1.82) is 0 Å². The summed E-state index contributed by atoms with van der Waals surface area (Å²) in [5.74, 6) is -2.17. The lowest BCUT2D eigenvalue weighted by atomic mass is 9.49. The molecule has 0 N–H and O–H groups in total. The summed E-state index contributed by atoms with van der Waals surface area (Å²) in [6, 6.07) is 18.1. The number of imide groups is 1. The fraction of sp³-hybridized carbons (Fsp3) is 0.190. The first-order valence-corrected chi connectivity index (χ1v) is 8.25. The van der Waals surface area contributed by atoms with E-state index in [0.717, 1.165) is 5.56 Å². The Hall–Kier alpha value is -3.01. The largest absolute Gasteiger partial charge is 0.297 e. The molecule has 3 atom stereocenters. The molecule has 0 bridgehead atoms. The van der Waals surface area contributed by atoms with Crippen molar-refractivity contribution >= 4 is 17.6 Å². The Bertz CT molecular complexity index is 875. The minimum atomic E-state index is -1.39. The van der Waals surface area contributed by atoms with Crippen LogP contribution in [0.4, 0.5) is 0 Å². The van der Waals surface area contributed by atoms with E-state index in [9.17, 15) is 14.4 Å². The first-order valence-electron chi connectivity index (χ1n) is 8.25. The average molecular weight is 331 g/mol. The molecule has 25 heavy (non-hydrogen) atoms. The van der Waals surface area contributed by atoms with Crippen LogP contribution in [0.1, 0.15) is 17.0 Å². The summed E-state index contributed by atoms with van der Waals surface area (Å²) >= 11 is 0.